The van der Waals surface area contributed by atoms with E-state index < -0.39 is 0 Å². The van der Waals surface area contributed by atoms with Gasteiger partial charge in [-0.3, -0.25) is 0 Å². The molecule has 0 aliphatic carbocycles. The average Bonchev–Trinajstić information content (AvgIpc) is 2.70. The van der Waals surface area contributed by atoms with Crippen LogP contribution in [0.3, 0.4) is 0 Å². The maximum atomic E-state index is 5.77. The molecular weight excluding hydrogens is 224 g/mol. The van der Waals surface area contributed by atoms with Gasteiger partial charge in [0.25, 0.3) is 0 Å². The van der Waals surface area contributed by atoms with Crippen LogP contribution in [0.5, 0.6) is 0 Å². The zero-order valence-electron chi connectivity index (χ0n) is 9.48. The first-order valence-corrected chi connectivity index (χ1v) is 5.51. The molecule has 0 atom stereocenters. The van der Waals surface area contributed by atoms with E-state index in [0.29, 0.717) is 5.92 Å². The van der Waals surface area contributed by atoms with E-state index in [1.165, 1.54) is 0 Å². The molecule has 0 bridgehead atoms. The second kappa shape index (κ2) is 4.22. The van der Waals surface area contributed by atoms with Crippen molar-refractivity contribution in [1.29, 1.82) is 0 Å². The molecule has 2 rings (SSSR count). The summed E-state index contributed by atoms with van der Waals surface area (Å²) in [6, 6.07) is 1.99. The summed E-state index contributed by atoms with van der Waals surface area (Å²) in [4.78, 5) is 8.09. The second-order valence-corrected chi connectivity index (χ2v) is 4.32. The lowest BCUT2D eigenvalue weighted by atomic mass is 10.1. The van der Waals surface area contributed by atoms with Crippen LogP contribution in [0.2, 0.25) is 5.28 Å². The highest BCUT2D eigenvalue weighted by Crippen LogP contribution is 2.15. The van der Waals surface area contributed by atoms with Crippen LogP contribution in [0, 0.1) is 6.92 Å². The molecule has 0 aromatic carbocycles. The van der Waals surface area contributed by atoms with Crippen LogP contribution in [-0.2, 0) is 0 Å². The monoisotopic (exact) mass is 236 g/mol. The van der Waals surface area contributed by atoms with Crippen molar-refractivity contribution in [1.82, 2.24) is 19.7 Å². The molecule has 0 radical (unpaired) electrons. The van der Waals surface area contributed by atoms with Gasteiger partial charge in [-0.25, -0.2) is 9.67 Å². The zero-order chi connectivity index (χ0) is 11.7. The summed E-state index contributed by atoms with van der Waals surface area (Å²) in [5.74, 6) is 1.13. The fourth-order valence-electron chi connectivity index (χ4n) is 1.41. The summed E-state index contributed by atoms with van der Waals surface area (Å²) in [7, 11) is 0. The molecule has 0 N–H and O–H groups in total. The number of aromatic nitrogens is 4. The summed E-state index contributed by atoms with van der Waals surface area (Å²) < 4.78 is 1.73. The normalized spacial score (nSPS) is 11.1. The summed E-state index contributed by atoms with van der Waals surface area (Å²) in [5, 5.41) is 4.69. The van der Waals surface area contributed by atoms with E-state index >= 15 is 0 Å². The Labute approximate surface area is 99.3 Å². The SMILES string of the molecule is Cc1cnc(Cl)nc1-n1ccc(C(C)C)n1. The third-order valence-electron chi connectivity index (χ3n) is 2.33. The molecular formula is C11H13ClN4. The molecule has 2 aromatic rings. The molecule has 0 amide bonds. The molecule has 2 aromatic heterocycles. The largest absolute Gasteiger partial charge is 0.226 e. The Bertz CT molecular complexity index is 504. The van der Waals surface area contributed by atoms with Crippen molar-refractivity contribution >= 4 is 11.6 Å². The average molecular weight is 237 g/mol. The van der Waals surface area contributed by atoms with Gasteiger partial charge < -0.3 is 0 Å². The first-order chi connectivity index (χ1) is 7.58. The van der Waals surface area contributed by atoms with E-state index in [4.69, 9.17) is 11.6 Å². The van der Waals surface area contributed by atoms with E-state index in [0.717, 1.165) is 17.1 Å². The number of nitrogens with zero attached hydrogens (tertiary/aromatic N) is 4. The minimum absolute atomic E-state index is 0.238. The predicted octanol–water partition coefficient (Wildman–Crippen LogP) is 2.75. The third-order valence-corrected chi connectivity index (χ3v) is 2.52. The minimum atomic E-state index is 0.238. The Morgan fingerprint density at radius 2 is 2.12 bits per heavy atom. The maximum Gasteiger partial charge on any atom is 0.224 e. The van der Waals surface area contributed by atoms with Crippen molar-refractivity contribution in [3.8, 4) is 5.82 Å². The summed E-state index contributed by atoms with van der Waals surface area (Å²) in [6.45, 7) is 6.14. The highest BCUT2D eigenvalue weighted by atomic mass is 35.5. The predicted molar refractivity (Wildman–Crippen MR) is 63.0 cm³/mol. The summed E-state index contributed by atoms with van der Waals surface area (Å²) in [6.07, 6.45) is 3.59. The van der Waals surface area contributed by atoms with Crippen molar-refractivity contribution < 1.29 is 0 Å². The number of aryl methyl sites for hydroxylation is 1. The van der Waals surface area contributed by atoms with E-state index in [1.54, 1.807) is 10.9 Å². The van der Waals surface area contributed by atoms with Crippen molar-refractivity contribution in [2.75, 3.05) is 0 Å². The van der Waals surface area contributed by atoms with Gasteiger partial charge in [-0.05, 0) is 30.5 Å². The van der Waals surface area contributed by atoms with E-state index in [-0.39, 0.29) is 5.28 Å². The van der Waals surface area contributed by atoms with Crippen LogP contribution in [-0.4, -0.2) is 19.7 Å². The van der Waals surface area contributed by atoms with Gasteiger partial charge in [0.05, 0.1) is 5.69 Å². The van der Waals surface area contributed by atoms with Gasteiger partial charge in [-0.15, -0.1) is 0 Å². The van der Waals surface area contributed by atoms with E-state index in [2.05, 4.69) is 28.9 Å². The van der Waals surface area contributed by atoms with Crippen molar-refractivity contribution in [3.63, 3.8) is 0 Å². The van der Waals surface area contributed by atoms with Gasteiger partial charge in [-0.1, -0.05) is 13.8 Å². The summed E-state index contributed by atoms with van der Waals surface area (Å²) in [5.41, 5.74) is 1.98. The lowest BCUT2D eigenvalue weighted by Gasteiger charge is -2.04. The van der Waals surface area contributed by atoms with Crippen LogP contribution in [0.25, 0.3) is 5.82 Å². The van der Waals surface area contributed by atoms with Crippen LogP contribution < -0.4 is 0 Å². The highest BCUT2D eigenvalue weighted by molar-refractivity contribution is 6.28. The van der Waals surface area contributed by atoms with Crippen LogP contribution in [0.1, 0.15) is 31.0 Å². The molecule has 0 spiro atoms. The first-order valence-electron chi connectivity index (χ1n) is 5.13. The number of halogens is 1. The van der Waals surface area contributed by atoms with Crippen molar-refractivity contribution in [2.45, 2.75) is 26.7 Å². The lowest BCUT2D eigenvalue weighted by Crippen LogP contribution is -2.03. The molecule has 84 valence electrons. The van der Waals surface area contributed by atoms with Crippen LogP contribution in [0.15, 0.2) is 18.5 Å². The Balaban J connectivity index is 2.46. The van der Waals surface area contributed by atoms with E-state index in [1.807, 2.05) is 19.2 Å². The molecule has 4 nitrogen and oxygen atoms in total. The number of rotatable bonds is 2. The van der Waals surface area contributed by atoms with Gasteiger partial charge in [-0.2, -0.15) is 10.1 Å². The van der Waals surface area contributed by atoms with Crippen molar-refractivity contribution in [3.05, 3.63) is 35.0 Å². The van der Waals surface area contributed by atoms with E-state index in [9.17, 15) is 0 Å². The topological polar surface area (TPSA) is 43.6 Å². The van der Waals surface area contributed by atoms with Gasteiger partial charge in [0.1, 0.15) is 0 Å². The maximum absolute atomic E-state index is 5.77. The molecule has 0 saturated carbocycles. The Hall–Kier alpha value is -1.42. The lowest BCUT2D eigenvalue weighted by molar-refractivity contribution is 0.752. The molecule has 0 unspecified atom stereocenters. The number of hydrogen-bond acceptors (Lipinski definition) is 3. The molecule has 5 heteroatoms. The highest BCUT2D eigenvalue weighted by Gasteiger charge is 2.08. The van der Waals surface area contributed by atoms with Gasteiger partial charge >= 0.3 is 0 Å². The standard InChI is InChI=1S/C11H13ClN4/c1-7(2)9-4-5-16(15-9)10-8(3)6-13-11(12)14-10/h4-7H,1-3H3. The summed E-state index contributed by atoms with van der Waals surface area (Å²) >= 11 is 5.77. The fourth-order valence-corrected chi connectivity index (χ4v) is 1.54. The fraction of sp³-hybridized carbons (Fsp3) is 0.364. The van der Waals surface area contributed by atoms with Gasteiger partial charge in [0.15, 0.2) is 5.82 Å². The van der Waals surface area contributed by atoms with Crippen LogP contribution in [0.4, 0.5) is 0 Å². The smallest absolute Gasteiger partial charge is 0.224 e. The third kappa shape index (κ3) is 2.07. The molecule has 2 heterocycles. The Morgan fingerprint density at radius 3 is 2.75 bits per heavy atom. The zero-order valence-corrected chi connectivity index (χ0v) is 10.2. The Kier molecular flexibility index (Phi) is 2.92. The number of hydrogen-bond donors (Lipinski definition) is 0. The minimum Gasteiger partial charge on any atom is -0.226 e. The molecule has 16 heavy (non-hydrogen) atoms. The van der Waals surface area contributed by atoms with Crippen molar-refractivity contribution in [2.24, 2.45) is 0 Å². The molecule has 0 aliphatic heterocycles. The Morgan fingerprint density at radius 1 is 1.38 bits per heavy atom. The quantitative estimate of drug-likeness (QED) is 0.753. The molecule has 0 saturated heterocycles. The van der Waals surface area contributed by atoms with Crippen LogP contribution >= 0.6 is 11.6 Å². The second-order valence-electron chi connectivity index (χ2n) is 3.99. The molecule has 0 fully saturated rings. The van der Waals surface area contributed by atoms with Gasteiger partial charge in [0, 0.05) is 18.0 Å². The van der Waals surface area contributed by atoms with Gasteiger partial charge in [0.2, 0.25) is 5.28 Å². The molecule has 0 aliphatic rings. The first kappa shape index (κ1) is 11.1.